The van der Waals surface area contributed by atoms with Crippen LogP contribution in [0.25, 0.3) is 0 Å². The second-order valence-electron chi connectivity index (χ2n) is 13.3. The van der Waals surface area contributed by atoms with E-state index in [2.05, 4.69) is 31.2 Å². The fourth-order valence-electron chi connectivity index (χ4n) is 6.93. The zero-order valence-corrected chi connectivity index (χ0v) is 28.5. The SMILES string of the molecule is CCCCC[C@@H](/C=C/[C@@H]1[C@@H](C/C=C\CCC(=O)COC(C)=O)[C@@H](OC2CCCCO2)C[C@H]1OC1CCCCO1)OC1CCCCO1. The summed E-state index contributed by atoms with van der Waals surface area (Å²) in [6.07, 6.45) is 24.6. The highest BCUT2D eigenvalue weighted by Gasteiger charge is 2.45. The maximum atomic E-state index is 12.1. The molecule has 0 spiro atoms. The Labute approximate surface area is 277 Å². The van der Waals surface area contributed by atoms with Crippen molar-refractivity contribution in [3.8, 4) is 0 Å². The smallest absolute Gasteiger partial charge is 0.303 e. The number of ketones is 1. The van der Waals surface area contributed by atoms with Crippen LogP contribution >= 0.6 is 0 Å². The molecule has 0 N–H and O–H groups in total. The first-order valence-corrected chi connectivity index (χ1v) is 18.3. The number of carbonyl (C=O) groups is 2. The first-order chi connectivity index (χ1) is 22.5. The molecule has 0 aromatic heterocycles. The summed E-state index contributed by atoms with van der Waals surface area (Å²) in [6, 6.07) is 0. The van der Waals surface area contributed by atoms with Crippen LogP contribution in [0.5, 0.6) is 0 Å². The van der Waals surface area contributed by atoms with Gasteiger partial charge in [-0.05, 0) is 83.0 Å². The number of unbranched alkanes of at least 4 members (excludes halogenated alkanes) is 2. The van der Waals surface area contributed by atoms with Crippen LogP contribution in [0.1, 0.15) is 123 Å². The minimum absolute atomic E-state index is 0.0118. The summed E-state index contributed by atoms with van der Waals surface area (Å²) < 4.78 is 42.8. The molecule has 46 heavy (non-hydrogen) atoms. The lowest BCUT2D eigenvalue weighted by atomic mass is 9.89. The van der Waals surface area contributed by atoms with E-state index >= 15 is 0 Å². The van der Waals surface area contributed by atoms with Gasteiger partial charge < -0.3 is 33.2 Å². The number of hydrogen-bond donors (Lipinski definition) is 0. The van der Waals surface area contributed by atoms with E-state index in [0.29, 0.717) is 12.8 Å². The van der Waals surface area contributed by atoms with Crippen LogP contribution in [0.4, 0.5) is 0 Å². The van der Waals surface area contributed by atoms with Crippen molar-refractivity contribution in [3.63, 3.8) is 0 Å². The van der Waals surface area contributed by atoms with Crippen molar-refractivity contribution < 1.29 is 42.7 Å². The Morgan fingerprint density at radius 1 is 0.826 bits per heavy atom. The highest BCUT2D eigenvalue weighted by molar-refractivity contribution is 5.81. The molecule has 0 aromatic carbocycles. The summed E-state index contributed by atoms with van der Waals surface area (Å²) >= 11 is 0. The van der Waals surface area contributed by atoms with Crippen LogP contribution in [0.2, 0.25) is 0 Å². The Balaban J connectivity index is 1.49. The van der Waals surface area contributed by atoms with Gasteiger partial charge in [-0.15, -0.1) is 0 Å². The van der Waals surface area contributed by atoms with E-state index in [4.69, 9.17) is 33.2 Å². The molecular weight excluding hydrogens is 588 g/mol. The quantitative estimate of drug-likeness (QED) is 0.0809. The van der Waals surface area contributed by atoms with E-state index in [1.54, 1.807) is 0 Å². The van der Waals surface area contributed by atoms with Crippen molar-refractivity contribution in [2.24, 2.45) is 11.8 Å². The van der Waals surface area contributed by atoms with Gasteiger partial charge in [0, 0.05) is 45.5 Å². The lowest BCUT2D eigenvalue weighted by Gasteiger charge is -2.30. The van der Waals surface area contributed by atoms with Crippen LogP contribution in [0.15, 0.2) is 24.3 Å². The third kappa shape index (κ3) is 13.5. The number of Topliss-reactive ketones (excluding diaryl/α,β-unsaturated/α-hetero) is 1. The van der Waals surface area contributed by atoms with E-state index in [-0.39, 0.29) is 61.4 Å². The first-order valence-electron chi connectivity index (χ1n) is 18.3. The number of allylic oxidation sites excluding steroid dienone is 2. The number of hydrogen-bond acceptors (Lipinski definition) is 9. The molecule has 0 aromatic rings. The van der Waals surface area contributed by atoms with E-state index < -0.39 is 5.97 Å². The predicted molar refractivity (Wildman–Crippen MR) is 175 cm³/mol. The fraction of sp³-hybridized carbons (Fsp3) is 0.838. The first kappa shape index (κ1) is 37.2. The summed E-state index contributed by atoms with van der Waals surface area (Å²) in [5.74, 6) is -0.226. The van der Waals surface area contributed by atoms with Crippen molar-refractivity contribution in [3.05, 3.63) is 24.3 Å². The minimum atomic E-state index is -0.433. The summed E-state index contributed by atoms with van der Waals surface area (Å²) in [6.45, 7) is 5.63. The van der Waals surface area contributed by atoms with Gasteiger partial charge in [0.2, 0.25) is 0 Å². The molecule has 9 heteroatoms. The van der Waals surface area contributed by atoms with Crippen LogP contribution in [-0.4, -0.2) is 75.4 Å². The lowest BCUT2D eigenvalue weighted by molar-refractivity contribution is -0.203. The maximum Gasteiger partial charge on any atom is 0.303 e. The molecule has 3 heterocycles. The molecule has 4 fully saturated rings. The third-order valence-electron chi connectivity index (χ3n) is 9.50. The van der Waals surface area contributed by atoms with E-state index in [1.165, 1.54) is 19.8 Å². The lowest BCUT2D eigenvalue weighted by Crippen LogP contribution is -2.31. The summed E-state index contributed by atoms with van der Waals surface area (Å²) in [5, 5.41) is 0. The normalized spacial score (nSPS) is 31.4. The zero-order chi connectivity index (χ0) is 32.4. The average molecular weight is 649 g/mol. The molecule has 262 valence electrons. The highest BCUT2D eigenvalue weighted by atomic mass is 16.7. The Morgan fingerprint density at radius 2 is 1.48 bits per heavy atom. The molecule has 3 unspecified atom stereocenters. The third-order valence-corrected chi connectivity index (χ3v) is 9.50. The molecule has 0 radical (unpaired) electrons. The van der Waals surface area contributed by atoms with Gasteiger partial charge in [-0.25, -0.2) is 0 Å². The molecule has 4 aliphatic rings. The van der Waals surface area contributed by atoms with Crippen LogP contribution in [0, 0.1) is 11.8 Å². The number of esters is 1. The summed E-state index contributed by atoms with van der Waals surface area (Å²) in [4.78, 5) is 23.1. The molecule has 3 saturated heterocycles. The number of ether oxygens (including phenoxy) is 7. The monoisotopic (exact) mass is 648 g/mol. The number of rotatable bonds is 19. The van der Waals surface area contributed by atoms with Gasteiger partial charge in [-0.1, -0.05) is 50.5 Å². The number of carbonyl (C=O) groups excluding carboxylic acids is 2. The van der Waals surface area contributed by atoms with Crippen LogP contribution < -0.4 is 0 Å². The van der Waals surface area contributed by atoms with Gasteiger partial charge in [0.15, 0.2) is 24.7 Å². The van der Waals surface area contributed by atoms with E-state index in [9.17, 15) is 9.59 Å². The van der Waals surface area contributed by atoms with E-state index in [0.717, 1.165) is 103 Å². The van der Waals surface area contributed by atoms with Crippen molar-refractivity contribution in [1.82, 2.24) is 0 Å². The van der Waals surface area contributed by atoms with Gasteiger partial charge in [-0.3, -0.25) is 9.59 Å². The molecule has 4 rings (SSSR count). The second kappa shape index (κ2) is 21.4. The highest BCUT2D eigenvalue weighted by Crippen LogP contribution is 2.42. The topological polar surface area (TPSA) is 98.8 Å². The molecule has 9 nitrogen and oxygen atoms in total. The largest absolute Gasteiger partial charge is 0.458 e. The molecule has 8 atom stereocenters. The Hall–Kier alpha value is -1.62. The second-order valence-corrected chi connectivity index (χ2v) is 13.3. The summed E-state index contributed by atoms with van der Waals surface area (Å²) in [7, 11) is 0. The van der Waals surface area contributed by atoms with Crippen molar-refractivity contribution in [1.29, 1.82) is 0 Å². The van der Waals surface area contributed by atoms with Crippen molar-refractivity contribution >= 4 is 11.8 Å². The predicted octanol–water partition coefficient (Wildman–Crippen LogP) is 7.35. The zero-order valence-electron chi connectivity index (χ0n) is 28.5. The molecule has 0 bridgehead atoms. The van der Waals surface area contributed by atoms with Gasteiger partial charge >= 0.3 is 5.97 Å². The molecule has 1 saturated carbocycles. The molecule has 3 aliphatic heterocycles. The van der Waals surface area contributed by atoms with E-state index in [1.807, 2.05) is 0 Å². The van der Waals surface area contributed by atoms with Gasteiger partial charge in [0.05, 0.1) is 18.3 Å². The molecular formula is C37H60O9. The van der Waals surface area contributed by atoms with Gasteiger partial charge in [0.25, 0.3) is 0 Å². The standard InChI is InChI=1S/C37H60O9/c1-3-4-6-16-30(44-35-18-9-12-23-40-35)21-22-32-31(17-8-5-7-15-29(39)27-43-28(2)38)33(45-36-19-10-13-24-41-36)26-34(32)46-37-20-11-14-25-42-37/h5,8,21-22,30-37H,3-4,6-7,9-20,23-27H2,1-2H3/b8-5-,22-21+/t30-,31+,32+,33-,34+,35?,36?,37?/m0/s1. The van der Waals surface area contributed by atoms with Gasteiger partial charge in [0.1, 0.15) is 6.61 Å². The Morgan fingerprint density at radius 3 is 2.09 bits per heavy atom. The maximum absolute atomic E-state index is 12.1. The fourth-order valence-corrected chi connectivity index (χ4v) is 6.93. The Bertz CT molecular complexity index is 918. The van der Waals surface area contributed by atoms with Gasteiger partial charge in [-0.2, -0.15) is 0 Å². The van der Waals surface area contributed by atoms with Crippen molar-refractivity contribution in [2.45, 2.75) is 160 Å². The minimum Gasteiger partial charge on any atom is -0.458 e. The summed E-state index contributed by atoms with van der Waals surface area (Å²) in [5.41, 5.74) is 0. The average Bonchev–Trinajstić information content (AvgIpc) is 3.38. The Kier molecular flexibility index (Phi) is 17.3. The van der Waals surface area contributed by atoms with Crippen molar-refractivity contribution in [2.75, 3.05) is 26.4 Å². The molecule has 0 amide bonds. The van der Waals surface area contributed by atoms with Crippen LogP contribution in [0.3, 0.4) is 0 Å². The molecule has 1 aliphatic carbocycles. The van der Waals surface area contributed by atoms with Crippen LogP contribution in [-0.2, 0) is 42.7 Å².